The number of rotatable bonds is 3. The van der Waals surface area contributed by atoms with Crippen LogP contribution in [0.2, 0.25) is 0 Å². The fourth-order valence-electron chi connectivity index (χ4n) is 9.99. The number of fused-ring (bicyclic) bond motifs is 11. The van der Waals surface area contributed by atoms with E-state index in [0.717, 1.165) is 27.2 Å². The van der Waals surface area contributed by atoms with Crippen molar-refractivity contribution in [3.63, 3.8) is 0 Å². The lowest BCUT2D eigenvalue weighted by Crippen LogP contribution is -2.79. The zero-order chi connectivity index (χ0) is 32.7. The Labute approximate surface area is 283 Å². The number of nitrogens with one attached hydrogen (secondary N) is 2. The van der Waals surface area contributed by atoms with Crippen molar-refractivity contribution in [3.8, 4) is 0 Å². The predicted octanol–water partition coefficient (Wildman–Crippen LogP) is 0.305. The van der Waals surface area contributed by atoms with Gasteiger partial charge in [-0.2, -0.15) is 0 Å². The van der Waals surface area contributed by atoms with E-state index in [2.05, 4.69) is 10.6 Å². The van der Waals surface area contributed by atoms with Crippen LogP contribution in [0.1, 0.15) is 17.5 Å². The maximum absolute atomic E-state index is 14.7. The van der Waals surface area contributed by atoms with Crippen LogP contribution in [0.4, 0.5) is 11.4 Å². The lowest BCUT2D eigenvalue weighted by molar-refractivity contribution is -0.169. The maximum Gasteiger partial charge on any atom is 0.265 e. The van der Waals surface area contributed by atoms with Crippen LogP contribution in [-0.4, -0.2) is 124 Å². The summed E-state index contributed by atoms with van der Waals surface area (Å²) in [6.07, 6.45) is -3.39. The number of amides is 4. The van der Waals surface area contributed by atoms with Gasteiger partial charge in [0, 0.05) is 31.9 Å². The second kappa shape index (κ2) is 8.49. The van der Waals surface area contributed by atoms with E-state index in [1.165, 1.54) is 50.4 Å². The SMILES string of the molecule is CN1C(=O)[C@@]23C[C@@]4(C56c7ccccc7N[C@@H]5N5C(=O)[C@]7(CO)SS[C@]5(C(=O)N7C)[C@H]6O)c5ccccc5N[C@@H]4N2C(=O)[C@]1(CO)SS3. The molecule has 2 aromatic rings. The Morgan fingerprint density at radius 3 is 1.96 bits per heavy atom. The molecule has 13 nitrogen and oxygen atoms in total. The van der Waals surface area contributed by atoms with Crippen LogP contribution in [0.15, 0.2) is 48.5 Å². The summed E-state index contributed by atoms with van der Waals surface area (Å²) in [5.74, 6) is -1.77. The Balaban J connectivity index is 1.32. The van der Waals surface area contributed by atoms with Crippen molar-refractivity contribution in [2.45, 2.75) is 55.2 Å². The normalized spacial score (nSPS) is 44.7. The first-order valence-corrected chi connectivity index (χ1v) is 19.4. The van der Waals surface area contributed by atoms with Gasteiger partial charge in [0.05, 0.1) is 24.0 Å². The second-order valence-corrected chi connectivity index (χ2v) is 18.7. The Morgan fingerprint density at radius 2 is 1.28 bits per heavy atom. The first kappa shape index (κ1) is 29.1. The van der Waals surface area contributed by atoms with Gasteiger partial charge in [-0.3, -0.25) is 29.0 Å². The fourth-order valence-corrected chi connectivity index (χ4v) is 17.3. The van der Waals surface area contributed by atoms with E-state index < -0.39 is 79.7 Å². The van der Waals surface area contributed by atoms with Gasteiger partial charge in [-0.15, -0.1) is 0 Å². The lowest BCUT2D eigenvalue weighted by Gasteiger charge is -2.58. The average Bonchev–Trinajstić information content (AvgIpc) is 3.75. The third-order valence-electron chi connectivity index (χ3n) is 12.1. The number of benzene rings is 2. The number of aliphatic hydroxyl groups is 3. The highest BCUT2D eigenvalue weighted by Gasteiger charge is 2.90. The van der Waals surface area contributed by atoms with Crippen LogP contribution in [0.3, 0.4) is 0 Å². The average molecular weight is 713 g/mol. The summed E-state index contributed by atoms with van der Waals surface area (Å²) in [4.78, 5) is 57.8. The highest BCUT2D eigenvalue weighted by molar-refractivity contribution is 8.78. The van der Waals surface area contributed by atoms with E-state index in [0.29, 0.717) is 16.9 Å². The van der Waals surface area contributed by atoms with Gasteiger partial charge in [-0.1, -0.05) is 47.2 Å². The van der Waals surface area contributed by atoms with Crippen molar-refractivity contribution in [2.75, 3.05) is 37.9 Å². The van der Waals surface area contributed by atoms with E-state index in [1.807, 2.05) is 48.5 Å². The maximum atomic E-state index is 14.7. The molecule has 4 amide bonds. The largest absolute Gasteiger partial charge is 0.392 e. The van der Waals surface area contributed by atoms with Gasteiger partial charge >= 0.3 is 0 Å². The summed E-state index contributed by atoms with van der Waals surface area (Å²) in [5.41, 5.74) is -0.00856. The van der Waals surface area contributed by atoms with Gasteiger partial charge in [-0.25, -0.2) is 0 Å². The van der Waals surface area contributed by atoms with Crippen LogP contribution >= 0.6 is 43.2 Å². The van der Waals surface area contributed by atoms with Crippen molar-refractivity contribution in [2.24, 2.45) is 0 Å². The molecule has 2 spiro atoms. The van der Waals surface area contributed by atoms with Gasteiger partial charge in [0.2, 0.25) is 14.6 Å². The molecule has 12 rings (SSSR count). The number of anilines is 2. The molecule has 0 aromatic heterocycles. The zero-order valence-corrected chi connectivity index (χ0v) is 28.1. The molecule has 10 aliphatic heterocycles. The van der Waals surface area contributed by atoms with E-state index >= 15 is 0 Å². The van der Waals surface area contributed by atoms with Crippen LogP contribution in [0.25, 0.3) is 0 Å². The number of carbonyl (C=O) groups is 4. The molecular weight excluding hydrogens is 685 g/mol. The van der Waals surface area contributed by atoms with Crippen molar-refractivity contribution in [1.29, 1.82) is 0 Å². The molecule has 10 aliphatic rings. The third-order valence-corrected chi connectivity index (χ3v) is 19.3. The molecule has 1 unspecified atom stereocenters. The number of piperazine rings is 2. The Bertz CT molecular complexity index is 1910. The van der Waals surface area contributed by atoms with Gasteiger partial charge in [0.15, 0.2) is 4.87 Å². The molecule has 0 aliphatic carbocycles. The summed E-state index contributed by atoms with van der Waals surface area (Å²) in [6.45, 7) is -1.21. The van der Waals surface area contributed by atoms with Crippen LogP contribution < -0.4 is 10.6 Å². The summed E-state index contributed by atoms with van der Waals surface area (Å²) in [7, 11) is 7.58. The van der Waals surface area contributed by atoms with Crippen molar-refractivity contribution >= 4 is 78.2 Å². The van der Waals surface area contributed by atoms with Crippen LogP contribution in [-0.2, 0) is 30.0 Å². The van der Waals surface area contributed by atoms with Gasteiger partial charge < -0.3 is 35.8 Å². The Morgan fingerprint density at radius 1 is 0.723 bits per heavy atom. The Kier molecular flexibility index (Phi) is 5.26. The van der Waals surface area contributed by atoms with Gasteiger partial charge in [0.25, 0.3) is 23.6 Å². The van der Waals surface area contributed by atoms with E-state index in [1.54, 1.807) is 4.90 Å². The molecule has 5 N–H and O–H groups in total. The molecule has 47 heavy (non-hydrogen) atoms. The minimum absolute atomic E-state index is 0.0530. The molecule has 244 valence electrons. The van der Waals surface area contributed by atoms with Crippen molar-refractivity contribution in [3.05, 3.63) is 59.7 Å². The number of aliphatic hydroxyl groups excluding tert-OH is 3. The molecular formula is C30H28N6O7S4. The lowest BCUT2D eigenvalue weighted by atomic mass is 9.53. The molecule has 8 fully saturated rings. The number of hydrogen-bond acceptors (Lipinski definition) is 13. The molecule has 10 heterocycles. The standard InChI is InChI=1S/C30H28N6O7S4/c1-33-21(40)26-11-25(14-7-3-5-9-16(14)31-19(25)35(26)22(41)27(33,12-37)45-44-26)29-15-8-4-6-10-17(15)32-20(29)36-23(42)28(13-38)34(2)24(43)30(36,18(29)39)47-46-28/h3-10,18-20,31-32,37-39H,11-13H2,1-2H3/t18-,19+,20+,25+,26-,27-,28-,29?,30-/m0/s1. The number of carbonyl (C=O) groups excluding carboxylic acids is 4. The third kappa shape index (κ3) is 2.53. The zero-order valence-electron chi connectivity index (χ0n) is 24.9. The first-order chi connectivity index (χ1) is 22.5. The van der Waals surface area contributed by atoms with Crippen molar-refractivity contribution < 1.29 is 34.5 Å². The number of nitrogens with zero attached hydrogens (tertiary/aromatic N) is 4. The van der Waals surface area contributed by atoms with E-state index in [9.17, 15) is 34.5 Å². The molecule has 4 bridgehead atoms. The molecule has 9 atom stereocenters. The van der Waals surface area contributed by atoms with Crippen LogP contribution in [0, 0.1) is 0 Å². The highest BCUT2D eigenvalue weighted by Crippen LogP contribution is 2.78. The number of hydrogen-bond donors (Lipinski definition) is 5. The van der Waals surface area contributed by atoms with E-state index in [4.69, 9.17) is 0 Å². The number of para-hydroxylation sites is 2. The van der Waals surface area contributed by atoms with Gasteiger partial charge in [0.1, 0.15) is 18.4 Å². The molecule has 0 saturated carbocycles. The molecule has 17 heteroatoms. The minimum Gasteiger partial charge on any atom is -0.392 e. The quantitative estimate of drug-likeness (QED) is 0.277. The smallest absolute Gasteiger partial charge is 0.265 e. The second-order valence-electron chi connectivity index (χ2n) is 13.4. The molecule has 0 radical (unpaired) electrons. The summed E-state index contributed by atoms with van der Waals surface area (Å²) in [6, 6.07) is 15.0. The summed E-state index contributed by atoms with van der Waals surface area (Å²) < 4.78 is 0. The first-order valence-electron chi connectivity index (χ1n) is 15.1. The summed E-state index contributed by atoms with van der Waals surface area (Å²) in [5, 5.41) is 41.7. The minimum atomic E-state index is -1.78. The predicted molar refractivity (Wildman–Crippen MR) is 176 cm³/mol. The molecule has 2 aromatic carbocycles. The van der Waals surface area contributed by atoms with Crippen LogP contribution in [0.5, 0.6) is 0 Å². The Hall–Kier alpha value is -2.80. The highest BCUT2D eigenvalue weighted by atomic mass is 33.1. The van der Waals surface area contributed by atoms with Gasteiger partial charge in [-0.05, 0) is 55.6 Å². The van der Waals surface area contributed by atoms with Crippen molar-refractivity contribution in [1.82, 2.24) is 19.6 Å². The fraction of sp³-hybridized carbons (Fsp3) is 0.467. The monoisotopic (exact) mass is 712 g/mol. The summed E-state index contributed by atoms with van der Waals surface area (Å²) >= 11 is 0. The topological polar surface area (TPSA) is 166 Å². The molecule has 8 saturated heterocycles. The number of likely N-dealkylation sites (N-methyl/N-ethyl adjacent to an activating group) is 2. The van der Waals surface area contributed by atoms with E-state index in [-0.39, 0.29) is 12.3 Å².